The number of fused-ring (bicyclic) bond motifs is 3. The molecule has 1 fully saturated rings. The summed E-state index contributed by atoms with van der Waals surface area (Å²) < 4.78 is 10.1. The molecule has 0 unspecified atom stereocenters. The number of hydrogen-bond donors (Lipinski definition) is 0. The second-order valence-corrected chi connectivity index (χ2v) is 6.85. The normalized spacial score (nSPS) is 16.6. The molecule has 140 valence electrons. The van der Waals surface area contributed by atoms with Crippen molar-refractivity contribution in [3.8, 4) is 0 Å². The highest BCUT2D eigenvalue weighted by molar-refractivity contribution is 6.05. The van der Waals surface area contributed by atoms with E-state index in [0.29, 0.717) is 12.1 Å². The monoisotopic (exact) mass is 366 g/mol. The lowest BCUT2D eigenvalue weighted by Crippen LogP contribution is -2.36. The van der Waals surface area contributed by atoms with Crippen LogP contribution in [0.5, 0.6) is 0 Å². The molecular formula is C21H22N2O4. The van der Waals surface area contributed by atoms with E-state index < -0.39 is 5.97 Å². The molecule has 0 aromatic heterocycles. The molecule has 2 aliphatic heterocycles. The fourth-order valence-corrected chi connectivity index (χ4v) is 3.76. The molecule has 0 bridgehead atoms. The summed E-state index contributed by atoms with van der Waals surface area (Å²) in [6.07, 6.45) is 0. The molecule has 0 saturated carbocycles. The minimum Gasteiger partial charge on any atom is -0.466 e. The van der Waals surface area contributed by atoms with Crippen LogP contribution in [0.3, 0.4) is 0 Å². The average Bonchev–Trinajstić information content (AvgIpc) is 3.03. The van der Waals surface area contributed by atoms with E-state index in [9.17, 15) is 9.59 Å². The molecule has 0 N–H and O–H groups in total. The maximum Gasteiger partial charge on any atom is 0.334 e. The highest BCUT2D eigenvalue weighted by Crippen LogP contribution is 2.33. The fourth-order valence-electron chi connectivity index (χ4n) is 3.76. The molecule has 2 aliphatic rings. The van der Waals surface area contributed by atoms with Gasteiger partial charge in [0, 0.05) is 36.5 Å². The zero-order valence-corrected chi connectivity index (χ0v) is 15.4. The predicted octanol–water partition coefficient (Wildman–Crippen LogP) is 2.36. The molecule has 0 aliphatic carbocycles. The Morgan fingerprint density at radius 3 is 2.70 bits per heavy atom. The molecule has 2 aromatic rings. The third-order valence-corrected chi connectivity index (χ3v) is 5.22. The third kappa shape index (κ3) is 3.17. The van der Waals surface area contributed by atoms with Gasteiger partial charge in [0.15, 0.2) is 0 Å². The summed E-state index contributed by atoms with van der Waals surface area (Å²) >= 11 is 0. The first-order valence-corrected chi connectivity index (χ1v) is 9.02. The van der Waals surface area contributed by atoms with Crippen molar-refractivity contribution in [2.24, 2.45) is 0 Å². The third-order valence-electron chi connectivity index (χ3n) is 5.22. The first-order chi connectivity index (χ1) is 13.1. The number of esters is 1. The van der Waals surface area contributed by atoms with Crippen molar-refractivity contribution in [3.63, 3.8) is 0 Å². The average molecular weight is 366 g/mol. The molecule has 1 saturated heterocycles. The smallest absolute Gasteiger partial charge is 0.334 e. The molecule has 6 heteroatoms. The van der Waals surface area contributed by atoms with Gasteiger partial charge in [0.05, 0.1) is 26.9 Å². The molecule has 27 heavy (non-hydrogen) atoms. The first-order valence-electron chi connectivity index (χ1n) is 9.02. The maximum absolute atomic E-state index is 12.8. The summed E-state index contributed by atoms with van der Waals surface area (Å²) in [4.78, 5) is 28.4. The van der Waals surface area contributed by atoms with Crippen LogP contribution >= 0.6 is 0 Å². The highest BCUT2D eigenvalue weighted by Gasteiger charge is 2.30. The quantitative estimate of drug-likeness (QED) is 0.614. The van der Waals surface area contributed by atoms with E-state index in [0.717, 1.165) is 48.3 Å². The lowest BCUT2D eigenvalue weighted by Gasteiger charge is -2.29. The van der Waals surface area contributed by atoms with Crippen LogP contribution < -0.4 is 4.90 Å². The summed E-state index contributed by atoms with van der Waals surface area (Å²) in [5.74, 6) is -0.563. The minimum atomic E-state index is -0.488. The molecule has 0 radical (unpaired) electrons. The van der Waals surface area contributed by atoms with E-state index in [-0.39, 0.29) is 18.0 Å². The van der Waals surface area contributed by atoms with Gasteiger partial charge in [0.25, 0.3) is 5.91 Å². The summed E-state index contributed by atoms with van der Waals surface area (Å²) in [5, 5.41) is 2.18. The first kappa shape index (κ1) is 17.5. The Morgan fingerprint density at radius 1 is 1.22 bits per heavy atom. The second-order valence-electron chi connectivity index (χ2n) is 6.85. The molecule has 6 nitrogen and oxygen atoms in total. The van der Waals surface area contributed by atoms with Crippen molar-refractivity contribution in [2.45, 2.75) is 6.54 Å². The Labute approximate surface area is 157 Å². The number of methoxy groups -OCH3 is 1. The summed E-state index contributed by atoms with van der Waals surface area (Å²) in [5.41, 5.74) is 3.12. The van der Waals surface area contributed by atoms with Crippen molar-refractivity contribution in [1.82, 2.24) is 4.90 Å². The SMILES string of the molecule is C=C(CN1Cc2c(ccc3ccc(N4CCOCC4)cc23)C1=O)C(=O)OC. The van der Waals surface area contributed by atoms with Gasteiger partial charge in [0.1, 0.15) is 0 Å². The lowest BCUT2D eigenvalue weighted by molar-refractivity contribution is -0.136. The number of anilines is 1. The van der Waals surface area contributed by atoms with Crippen LogP contribution in [0.15, 0.2) is 42.5 Å². The van der Waals surface area contributed by atoms with Gasteiger partial charge in [-0.1, -0.05) is 18.7 Å². The minimum absolute atomic E-state index is 0.0753. The Hall–Kier alpha value is -2.86. The number of nitrogens with zero attached hydrogens (tertiary/aromatic N) is 2. The van der Waals surface area contributed by atoms with Gasteiger partial charge in [-0.05, 0) is 34.5 Å². The Morgan fingerprint density at radius 2 is 1.96 bits per heavy atom. The van der Waals surface area contributed by atoms with E-state index in [4.69, 9.17) is 9.47 Å². The molecule has 0 atom stereocenters. The fraction of sp³-hybridized carbons (Fsp3) is 0.333. The van der Waals surface area contributed by atoms with Crippen molar-refractivity contribution >= 4 is 28.3 Å². The van der Waals surface area contributed by atoms with Crippen molar-refractivity contribution in [2.75, 3.05) is 44.9 Å². The zero-order chi connectivity index (χ0) is 19.0. The number of hydrogen-bond acceptors (Lipinski definition) is 5. The molecule has 2 heterocycles. The van der Waals surface area contributed by atoms with Crippen molar-refractivity contribution in [1.29, 1.82) is 0 Å². The van der Waals surface area contributed by atoms with E-state index in [1.165, 1.54) is 7.11 Å². The largest absolute Gasteiger partial charge is 0.466 e. The summed E-state index contributed by atoms with van der Waals surface area (Å²) in [6, 6.07) is 10.2. The molecule has 0 spiro atoms. The van der Waals surface area contributed by atoms with Crippen LogP contribution in [-0.2, 0) is 20.8 Å². The lowest BCUT2D eigenvalue weighted by atomic mass is 10.00. The van der Waals surface area contributed by atoms with Crippen LogP contribution in [0.1, 0.15) is 15.9 Å². The maximum atomic E-state index is 12.8. The molecule has 4 rings (SSSR count). The zero-order valence-electron chi connectivity index (χ0n) is 15.4. The number of benzene rings is 2. The van der Waals surface area contributed by atoms with Crippen LogP contribution in [0.25, 0.3) is 10.8 Å². The van der Waals surface area contributed by atoms with E-state index in [1.54, 1.807) is 4.90 Å². The Bertz CT molecular complexity index is 931. The van der Waals surface area contributed by atoms with Crippen LogP contribution in [0, 0.1) is 0 Å². The van der Waals surface area contributed by atoms with Gasteiger partial charge in [-0.25, -0.2) is 4.79 Å². The number of ether oxygens (including phenoxy) is 2. The summed E-state index contributed by atoms with van der Waals surface area (Å²) in [6.45, 7) is 7.56. The Balaban J connectivity index is 1.66. The molecular weight excluding hydrogens is 344 g/mol. The van der Waals surface area contributed by atoms with Gasteiger partial charge in [-0.2, -0.15) is 0 Å². The molecule has 1 amide bonds. The van der Waals surface area contributed by atoms with Crippen LogP contribution in [0.4, 0.5) is 5.69 Å². The van der Waals surface area contributed by atoms with Crippen molar-refractivity contribution in [3.05, 3.63) is 53.6 Å². The van der Waals surface area contributed by atoms with Gasteiger partial charge < -0.3 is 19.3 Å². The van der Waals surface area contributed by atoms with Gasteiger partial charge in [-0.15, -0.1) is 0 Å². The standard InChI is InChI=1S/C21H22N2O4/c1-14(21(25)26-2)12-23-13-19-17(20(23)24)6-4-15-3-5-16(11-18(15)19)22-7-9-27-10-8-22/h3-6,11H,1,7-10,12-13H2,2H3. The van der Waals surface area contributed by atoms with Gasteiger partial charge in [-0.3, -0.25) is 4.79 Å². The topological polar surface area (TPSA) is 59.1 Å². The highest BCUT2D eigenvalue weighted by atomic mass is 16.5. The van der Waals surface area contributed by atoms with Gasteiger partial charge >= 0.3 is 5.97 Å². The van der Waals surface area contributed by atoms with Gasteiger partial charge in [0.2, 0.25) is 0 Å². The Kier molecular flexibility index (Phi) is 4.58. The number of rotatable bonds is 4. The van der Waals surface area contributed by atoms with E-state index in [1.807, 2.05) is 12.1 Å². The van der Waals surface area contributed by atoms with Crippen LogP contribution in [0.2, 0.25) is 0 Å². The second kappa shape index (κ2) is 7.04. The number of carbonyl (C=O) groups excluding carboxylic acids is 2. The van der Waals surface area contributed by atoms with E-state index >= 15 is 0 Å². The number of amides is 1. The van der Waals surface area contributed by atoms with Crippen LogP contribution in [-0.4, -0.2) is 56.7 Å². The van der Waals surface area contributed by atoms with E-state index in [2.05, 4.69) is 29.7 Å². The molecule has 2 aromatic carbocycles. The van der Waals surface area contributed by atoms with Crippen molar-refractivity contribution < 1.29 is 19.1 Å². The summed E-state index contributed by atoms with van der Waals surface area (Å²) in [7, 11) is 1.31. The number of morpholine rings is 1. The number of carbonyl (C=O) groups is 2. The predicted molar refractivity (Wildman–Crippen MR) is 103 cm³/mol.